The summed E-state index contributed by atoms with van der Waals surface area (Å²) in [6, 6.07) is -1.45. The third kappa shape index (κ3) is 8.59. The number of aliphatic imine (C=N–C) groups is 1. The van der Waals surface area contributed by atoms with Crippen LogP contribution in [0.25, 0.3) is 0 Å². The Kier molecular flexibility index (Phi) is 9.93. The van der Waals surface area contributed by atoms with E-state index in [9.17, 15) is 14.8 Å². The standard InChI is InChI=1S/C21H37N2O5/c1-7-27-19(24)18(15(2)3)22-14-17(13-16-11-9-8-10-12-16)23(26)20(25)28-21(4,5)6/h14-18H,7-13H2,1-6H3/q-1/t17-,18-/m0/s1. The molecule has 0 aromatic carbocycles. The van der Waals surface area contributed by atoms with Crippen LogP contribution in [0.5, 0.6) is 0 Å². The van der Waals surface area contributed by atoms with Crippen molar-refractivity contribution in [2.24, 2.45) is 16.8 Å². The van der Waals surface area contributed by atoms with Gasteiger partial charge in [0.05, 0.1) is 12.6 Å². The van der Waals surface area contributed by atoms with Gasteiger partial charge in [0, 0.05) is 6.21 Å². The van der Waals surface area contributed by atoms with Gasteiger partial charge in [-0.25, -0.2) is 9.59 Å². The molecule has 1 saturated carbocycles. The smallest absolute Gasteiger partial charge is 0.400 e. The monoisotopic (exact) mass is 397 g/mol. The first kappa shape index (κ1) is 24.4. The van der Waals surface area contributed by atoms with Gasteiger partial charge in [-0.15, -0.1) is 0 Å². The molecular weight excluding hydrogens is 360 g/mol. The Morgan fingerprint density at radius 2 is 1.82 bits per heavy atom. The number of rotatable bonds is 8. The molecule has 1 rings (SSSR count). The van der Waals surface area contributed by atoms with Gasteiger partial charge in [0.1, 0.15) is 11.6 Å². The first-order chi connectivity index (χ1) is 13.0. The number of hydrogen-bond donors (Lipinski definition) is 0. The zero-order valence-electron chi connectivity index (χ0n) is 18.3. The Labute approximate surface area is 169 Å². The highest BCUT2D eigenvalue weighted by Gasteiger charge is 2.27. The number of carbonyl (C=O) groups is 2. The number of carbonyl (C=O) groups excluding carboxylic acids is 2. The average Bonchev–Trinajstić information content (AvgIpc) is 2.59. The van der Waals surface area contributed by atoms with Gasteiger partial charge in [0.25, 0.3) is 0 Å². The lowest BCUT2D eigenvalue weighted by molar-refractivity contribution is -0.145. The summed E-state index contributed by atoms with van der Waals surface area (Å²) in [6.45, 7) is 10.9. The fourth-order valence-electron chi connectivity index (χ4n) is 3.35. The highest BCUT2D eigenvalue weighted by atomic mass is 16.6. The Balaban J connectivity index is 2.97. The Bertz CT molecular complexity index is 521. The van der Waals surface area contributed by atoms with Crippen LogP contribution in [-0.2, 0) is 14.3 Å². The molecule has 28 heavy (non-hydrogen) atoms. The third-order valence-electron chi connectivity index (χ3n) is 4.75. The molecule has 0 radical (unpaired) electrons. The minimum atomic E-state index is -0.919. The van der Waals surface area contributed by atoms with Gasteiger partial charge in [-0.2, -0.15) is 0 Å². The van der Waals surface area contributed by atoms with Gasteiger partial charge >= 0.3 is 12.1 Å². The first-order valence-electron chi connectivity index (χ1n) is 10.4. The Morgan fingerprint density at radius 3 is 2.32 bits per heavy atom. The van der Waals surface area contributed by atoms with Crippen molar-refractivity contribution in [1.82, 2.24) is 5.06 Å². The molecule has 7 nitrogen and oxygen atoms in total. The summed E-state index contributed by atoms with van der Waals surface area (Å²) in [4.78, 5) is 28.8. The highest BCUT2D eigenvalue weighted by Crippen LogP contribution is 2.28. The van der Waals surface area contributed by atoms with E-state index < -0.39 is 29.7 Å². The second-order valence-electron chi connectivity index (χ2n) is 8.85. The highest BCUT2D eigenvalue weighted by molar-refractivity contribution is 5.81. The molecule has 1 aliphatic rings. The minimum Gasteiger partial charge on any atom is -0.753 e. The fourth-order valence-corrected chi connectivity index (χ4v) is 3.35. The molecule has 1 amide bonds. The van der Waals surface area contributed by atoms with Gasteiger partial charge in [0.2, 0.25) is 0 Å². The van der Waals surface area contributed by atoms with Crippen molar-refractivity contribution < 1.29 is 19.1 Å². The molecule has 1 aliphatic carbocycles. The van der Waals surface area contributed by atoms with Crippen LogP contribution in [0, 0.1) is 17.0 Å². The van der Waals surface area contributed by atoms with Crippen LogP contribution in [0.4, 0.5) is 4.79 Å². The topological polar surface area (TPSA) is 91.3 Å². The van der Waals surface area contributed by atoms with E-state index in [-0.39, 0.29) is 12.5 Å². The molecule has 162 valence electrons. The number of hydrogen-bond acceptors (Lipinski definition) is 6. The summed E-state index contributed by atoms with van der Waals surface area (Å²) in [5, 5.41) is 13.1. The summed E-state index contributed by atoms with van der Waals surface area (Å²) in [7, 11) is 0. The molecule has 0 aromatic rings. The van der Waals surface area contributed by atoms with Crippen LogP contribution in [0.1, 0.15) is 80.1 Å². The van der Waals surface area contributed by atoms with Gasteiger partial charge in [-0.05, 0) is 46.0 Å². The van der Waals surface area contributed by atoms with E-state index in [1.54, 1.807) is 27.7 Å². The van der Waals surface area contributed by atoms with Crippen LogP contribution in [0.15, 0.2) is 4.99 Å². The van der Waals surface area contributed by atoms with Crippen LogP contribution in [0.2, 0.25) is 0 Å². The van der Waals surface area contributed by atoms with Crippen molar-refractivity contribution in [3.8, 4) is 0 Å². The molecule has 0 bridgehead atoms. The lowest BCUT2D eigenvalue weighted by atomic mass is 9.85. The van der Waals surface area contributed by atoms with Crippen molar-refractivity contribution in [3.63, 3.8) is 0 Å². The lowest BCUT2D eigenvalue weighted by Crippen LogP contribution is -2.42. The van der Waals surface area contributed by atoms with Crippen LogP contribution < -0.4 is 0 Å². The Hall–Kier alpha value is -1.63. The molecule has 2 atom stereocenters. The summed E-state index contributed by atoms with van der Waals surface area (Å²) >= 11 is 0. The van der Waals surface area contributed by atoms with Crippen molar-refractivity contribution >= 4 is 18.3 Å². The Morgan fingerprint density at radius 1 is 1.21 bits per heavy atom. The number of amides is 1. The summed E-state index contributed by atoms with van der Waals surface area (Å²) < 4.78 is 10.3. The van der Waals surface area contributed by atoms with Gasteiger partial charge in [-0.1, -0.05) is 46.0 Å². The maximum atomic E-state index is 12.7. The summed E-state index contributed by atoms with van der Waals surface area (Å²) in [6.07, 6.45) is 6.62. The predicted molar refractivity (Wildman–Crippen MR) is 110 cm³/mol. The zero-order valence-corrected chi connectivity index (χ0v) is 18.3. The maximum Gasteiger partial charge on any atom is 0.400 e. The van der Waals surface area contributed by atoms with Crippen molar-refractivity contribution in [2.45, 2.75) is 97.8 Å². The van der Waals surface area contributed by atoms with Crippen LogP contribution >= 0.6 is 0 Å². The molecule has 0 saturated heterocycles. The van der Waals surface area contributed by atoms with Crippen molar-refractivity contribution in [3.05, 3.63) is 5.21 Å². The van der Waals surface area contributed by atoms with E-state index in [4.69, 9.17) is 9.47 Å². The SMILES string of the molecule is CCOC(=O)[C@@H](N=C[C@H](CC1CCCCC1)N([O-])C(=O)OC(C)(C)C)C(C)C. The molecule has 0 unspecified atom stereocenters. The predicted octanol–water partition coefficient (Wildman–Crippen LogP) is 4.72. The van der Waals surface area contributed by atoms with Crippen molar-refractivity contribution in [2.75, 3.05) is 6.61 Å². The number of nitrogens with zero attached hydrogens (tertiary/aromatic N) is 2. The van der Waals surface area contributed by atoms with E-state index in [0.29, 0.717) is 17.4 Å². The molecule has 1 fully saturated rings. The summed E-state index contributed by atoms with van der Waals surface area (Å²) in [5.41, 5.74) is -0.752. The van der Waals surface area contributed by atoms with Gasteiger partial charge < -0.3 is 19.7 Å². The van der Waals surface area contributed by atoms with Gasteiger partial charge in [0.15, 0.2) is 0 Å². The first-order valence-corrected chi connectivity index (χ1v) is 10.4. The van der Waals surface area contributed by atoms with E-state index in [1.165, 1.54) is 12.6 Å². The molecule has 0 N–H and O–H groups in total. The van der Waals surface area contributed by atoms with Gasteiger partial charge in [-0.3, -0.25) is 4.99 Å². The third-order valence-corrected chi connectivity index (χ3v) is 4.75. The fraction of sp³-hybridized carbons (Fsp3) is 0.857. The molecular formula is C21H37N2O5-. The summed E-state index contributed by atoms with van der Waals surface area (Å²) in [5.74, 6) is -0.128. The van der Waals surface area contributed by atoms with E-state index in [2.05, 4.69) is 4.99 Å². The maximum absolute atomic E-state index is 12.7. The van der Waals surface area contributed by atoms with E-state index >= 15 is 0 Å². The van der Waals surface area contributed by atoms with Crippen molar-refractivity contribution in [1.29, 1.82) is 0 Å². The number of ether oxygens (including phenoxy) is 2. The number of hydroxylamine groups is 2. The minimum absolute atomic E-state index is 0.0766. The normalized spacial score (nSPS) is 18.1. The molecule has 0 spiro atoms. The number of esters is 1. The zero-order chi connectivity index (χ0) is 21.3. The van der Waals surface area contributed by atoms with E-state index in [0.717, 1.165) is 25.7 Å². The molecule has 0 aromatic heterocycles. The second-order valence-corrected chi connectivity index (χ2v) is 8.85. The quantitative estimate of drug-likeness (QED) is 0.336. The van der Waals surface area contributed by atoms with Crippen LogP contribution in [-0.4, -0.2) is 47.6 Å². The largest absolute Gasteiger partial charge is 0.753 e. The molecule has 0 aliphatic heterocycles. The van der Waals surface area contributed by atoms with E-state index in [1.807, 2.05) is 13.8 Å². The second kappa shape index (κ2) is 11.4. The van der Waals surface area contributed by atoms with Crippen LogP contribution in [0.3, 0.4) is 0 Å². The average molecular weight is 398 g/mol. The lowest BCUT2D eigenvalue weighted by Gasteiger charge is -2.38. The molecule has 0 heterocycles. The molecule has 7 heteroatoms.